The van der Waals surface area contributed by atoms with Crippen LogP contribution in [0.4, 0.5) is 0 Å². The molecule has 1 saturated heterocycles. The van der Waals surface area contributed by atoms with E-state index >= 15 is 0 Å². The highest BCUT2D eigenvalue weighted by atomic mass is 16.5. The number of hydrogen-bond acceptors (Lipinski definition) is 3. The van der Waals surface area contributed by atoms with Gasteiger partial charge in [-0.1, -0.05) is 24.3 Å². The molecule has 0 spiro atoms. The lowest BCUT2D eigenvalue weighted by molar-refractivity contribution is 0.162. The quantitative estimate of drug-likeness (QED) is 0.780. The van der Waals surface area contributed by atoms with Gasteiger partial charge >= 0.3 is 0 Å². The minimum absolute atomic E-state index is 0.336. The number of nitrogens with zero attached hydrogens (tertiary/aromatic N) is 1. The molecular formula is C21H22N2O. The van der Waals surface area contributed by atoms with Gasteiger partial charge < -0.3 is 10.1 Å². The average molecular weight is 318 g/mol. The normalized spacial score (nSPS) is 15.5. The van der Waals surface area contributed by atoms with E-state index in [2.05, 4.69) is 65.8 Å². The first kappa shape index (κ1) is 15.2. The van der Waals surface area contributed by atoms with Crippen LogP contribution in [0, 0.1) is 6.92 Å². The van der Waals surface area contributed by atoms with E-state index in [0.717, 1.165) is 42.8 Å². The van der Waals surface area contributed by atoms with Crippen molar-refractivity contribution in [1.82, 2.24) is 10.3 Å². The molecule has 2 aromatic carbocycles. The highest BCUT2D eigenvalue weighted by Crippen LogP contribution is 2.26. The van der Waals surface area contributed by atoms with Crippen molar-refractivity contribution in [2.45, 2.75) is 25.9 Å². The number of nitrogens with one attached hydrogen (secondary N) is 1. The van der Waals surface area contributed by atoms with Gasteiger partial charge in [0, 0.05) is 17.1 Å². The first-order valence-electron chi connectivity index (χ1n) is 8.62. The standard InChI is InChI=1S/C21H22N2O/c1-15-2-3-17-13-18(14-23-21(17)12-15)16-4-6-19(7-5-16)24-20-8-10-22-11-9-20/h2-7,12-14,20,22H,8-11H2,1H3. The summed E-state index contributed by atoms with van der Waals surface area (Å²) in [4.78, 5) is 4.60. The molecule has 2 heterocycles. The zero-order chi connectivity index (χ0) is 16.4. The Morgan fingerprint density at radius 2 is 1.75 bits per heavy atom. The number of hydrogen-bond donors (Lipinski definition) is 1. The molecule has 1 aliphatic rings. The molecule has 0 amide bonds. The second kappa shape index (κ2) is 6.62. The Morgan fingerprint density at radius 1 is 0.958 bits per heavy atom. The lowest BCUT2D eigenvalue weighted by Crippen LogP contribution is -2.34. The number of ether oxygens (including phenoxy) is 1. The topological polar surface area (TPSA) is 34.1 Å². The van der Waals surface area contributed by atoms with Crippen LogP contribution in [0.5, 0.6) is 5.75 Å². The molecule has 24 heavy (non-hydrogen) atoms. The number of aryl methyl sites for hydroxylation is 1. The smallest absolute Gasteiger partial charge is 0.119 e. The van der Waals surface area contributed by atoms with Gasteiger partial charge in [0.15, 0.2) is 0 Å². The van der Waals surface area contributed by atoms with E-state index in [4.69, 9.17) is 4.74 Å². The third-order valence-corrected chi connectivity index (χ3v) is 4.62. The minimum Gasteiger partial charge on any atom is -0.490 e. The largest absolute Gasteiger partial charge is 0.490 e. The summed E-state index contributed by atoms with van der Waals surface area (Å²) in [6.45, 7) is 4.19. The highest BCUT2D eigenvalue weighted by molar-refractivity contribution is 5.84. The van der Waals surface area contributed by atoms with Gasteiger partial charge in [0.2, 0.25) is 0 Å². The Morgan fingerprint density at radius 3 is 2.54 bits per heavy atom. The number of benzene rings is 2. The van der Waals surface area contributed by atoms with Gasteiger partial charge in [-0.05, 0) is 68.2 Å². The Bertz CT molecular complexity index is 836. The number of piperidine rings is 1. The van der Waals surface area contributed by atoms with E-state index in [-0.39, 0.29) is 0 Å². The van der Waals surface area contributed by atoms with Crippen LogP contribution in [0.15, 0.2) is 54.7 Å². The van der Waals surface area contributed by atoms with Crippen LogP contribution in [0.3, 0.4) is 0 Å². The van der Waals surface area contributed by atoms with Crippen molar-refractivity contribution in [2.75, 3.05) is 13.1 Å². The van der Waals surface area contributed by atoms with Crippen molar-refractivity contribution < 1.29 is 4.74 Å². The first-order chi connectivity index (χ1) is 11.8. The van der Waals surface area contributed by atoms with Crippen molar-refractivity contribution in [3.8, 4) is 16.9 Å². The summed E-state index contributed by atoms with van der Waals surface area (Å²) in [7, 11) is 0. The fraction of sp³-hybridized carbons (Fsp3) is 0.286. The molecule has 1 aliphatic heterocycles. The van der Waals surface area contributed by atoms with Crippen molar-refractivity contribution in [3.63, 3.8) is 0 Å². The van der Waals surface area contributed by atoms with E-state index in [0.29, 0.717) is 6.10 Å². The van der Waals surface area contributed by atoms with E-state index < -0.39 is 0 Å². The van der Waals surface area contributed by atoms with E-state index in [9.17, 15) is 0 Å². The molecule has 0 aliphatic carbocycles. The molecule has 3 nitrogen and oxygen atoms in total. The zero-order valence-corrected chi connectivity index (χ0v) is 14.0. The third-order valence-electron chi connectivity index (χ3n) is 4.62. The Hall–Kier alpha value is -2.39. The molecule has 0 bridgehead atoms. The molecule has 1 aromatic heterocycles. The maximum Gasteiger partial charge on any atom is 0.119 e. The van der Waals surface area contributed by atoms with Crippen LogP contribution >= 0.6 is 0 Å². The van der Waals surface area contributed by atoms with E-state index in [1.807, 2.05) is 6.20 Å². The fourth-order valence-electron chi connectivity index (χ4n) is 3.22. The van der Waals surface area contributed by atoms with E-state index in [1.54, 1.807) is 0 Å². The summed E-state index contributed by atoms with van der Waals surface area (Å²) in [6.07, 6.45) is 4.44. The van der Waals surface area contributed by atoms with Crippen molar-refractivity contribution in [2.24, 2.45) is 0 Å². The van der Waals surface area contributed by atoms with Crippen LogP contribution in [0.2, 0.25) is 0 Å². The summed E-state index contributed by atoms with van der Waals surface area (Å²) in [5, 5.41) is 4.54. The summed E-state index contributed by atoms with van der Waals surface area (Å²) < 4.78 is 6.07. The summed E-state index contributed by atoms with van der Waals surface area (Å²) in [5.74, 6) is 0.954. The number of pyridine rings is 1. The molecule has 3 heteroatoms. The minimum atomic E-state index is 0.336. The van der Waals surface area contributed by atoms with Crippen LogP contribution in [-0.2, 0) is 0 Å². The van der Waals surface area contributed by atoms with Crippen LogP contribution in [0.1, 0.15) is 18.4 Å². The van der Waals surface area contributed by atoms with Crippen molar-refractivity contribution in [3.05, 3.63) is 60.3 Å². The monoisotopic (exact) mass is 318 g/mol. The van der Waals surface area contributed by atoms with Crippen molar-refractivity contribution >= 4 is 10.9 Å². The van der Waals surface area contributed by atoms with Gasteiger partial charge in [-0.25, -0.2) is 0 Å². The summed E-state index contributed by atoms with van der Waals surface area (Å²) >= 11 is 0. The Balaban J connectivity index is 1.54. The average Bonchev–Trinajstić information content (AvgIpc) is 2.63. The van der Waals surface area contributed by atoms with Gasteiger partial charge in [0.25, 0.3) is 0 Å². The lowest BCUT2D eigenvalue weighted by Gasteiger charge is -2.23. The molecule has 0 saturated carbocycles. The van der Waals surface area contributed by atoms with Crippen LogP contribution in [0.25, 0.3) is 22.0 Å². The Labute approximate surface area is 142 Å². The zero-order valence-electron chi connectivity index (χ0n) is 14.0. The lowest BCUT2D eigenvalue weighted by atomic mass is 10.0. The van der Waals surface area contributed by atoms with Gasteiger partial charge in [-0.15, -0.1) is 0 Å². The van der Waals surface area contributed by atoms with E-state index in [1.165, 1.54) is 16.5 Å². The molecule has 1 N–H and O–H groups in total. The van der Waals surface area contributed by atoms with Crippen LogP contribution in [-0.4, -0.2) is 24.2 Å². The molecular weight excluding hydrogens is 296 g/mol. The predicted molar refractivity (Wildman–Crippen MR) is 98.4 cm³/mol. The van der Waals surface area contributed by atoms with Gasteiger partial charge in [-0.3, -0.25) is 4.98 Å². The van der Waals surface area contributed by atoms with Crippen LogP contribution < -0.4 is 10.1 Å². The third kappa shape index (κ3) is 3.26. The van der Waals surface area contributed by atoms with Gasteiger partial charge in [0.05, 0.1) is 5.52 Å². The number of fused-ring (bicyclic) bond motifs is 1. The Kier molecular flexibility index (Phi) is 4.18. The van der Waals surface area contributed by atoms with Gasteiger partial charge in [0.1, 0.15) is 11.9 Å². The molecule has 3 aromatic rings. The second-order valence-electron chi connectivity index (χ2n) is 6.51. The SMILES string of the molecule is Cc1ccc2cc(-c3ccc(OC4CCNCC4)cc3)cnc2c1. The second-order valence-corrected chi connectivity index (χ2v) is 6.51. The molecule has 0 radical (unpaired) electrons. The molecule has 0 atom stereocenters. The number of rotatable bonds is 3. The number of aromatic nitrogens is 1. The first-order valence-corrected chi connectivity index (χ1v) is 8.62. The molecule has 122 valence electrons. The molecule has 0 unspecified atom stereocenters. The van der Waals surface area contributed by atoms with Gasteiger partial charge in [-0.2, -0.15) is 0 Å². The maximum absolute atomic E-state index is 6.07. The highest BCUT2D eigenvalue weighted by Gasteiger charge is 2.14. The molecule has 1 fully saturated rings. The maximum atomic E-state index is 6.07. The van der Waals surface area contributed by atoms with Crippen molar-refractivity contribution in [1.29, 1.82) is 0 Å². The summed E-state index contributed by atoms with van der Waals surface area (Å²) in [6, 6.07) is 17.0. The fourth-order valence-corrected chi connectivity index (χ4v) is 3.22. The predicted octanol–water partition coefficient (Wildman–Crippen LogP) is 4.34. The molecule has 4 rings (SSSR count). The summed E-state index contributed by atoms with van der Waals surface area (Å²) in [5.41, 5.74) is 4.59.